The Morgan fingerprint density at radius 2 is 2.00 bits per heavy atom. The number of nitrogens with one attached hydrogen (secondary N) is 1. The molecular weight excluding hydrogens is 268 g/mol. The summed E-state index contributed by atoms with van der Waals surface area (Å²) in [6, 6.07) is 6.78. The number of ether oxygens (including phenoxy) is 1. The maximum absolute atomic E-state index is 11.8. The molecule has 2 N–H and O–H groups in total. The van der Waals surface area contributed by atoms with Crippen LogP contribution in [0.15, 0.2) is 29.6 Å². The van der Waals surface area contributed by atoms with Crippen LogP contribution in [0.2, 0.25) is 0 Å². The van der Waals surface area contributed by atoms with E-state index in [9.17, 15) is 9.59 Å². The van der Waals surface area contributed by atoms with E-state index in [1.807, 2.05) is 0 Å². The van der Waals surface area contributed by atoms with Crippen LogP contribution in [0.4, 0.5) is 5.69 Å². The third kappa shape index (κ3) is 3.08. The van der Waals surface area contributed by atoms with Crippen molar-refractivity contribution < 1.29 is 19.4 Å². The Kier molecular flexibility index (Phi) is 3.76. The first-order valence-electron chi connectivity index (χ1n) is 5.24. The highest BCUT2D eigenvalue weighted by molar-refractivity contribution is 7.12. The van der Waals surface area contributed by atoms with Gasteiger partial charge in [-0.25, -0.2) is 9.78 Å². The van der Waals surface area contributed by atoms with Crippen LogP contribution >= 0.6 is 11.3 Å². The van der Waals surface area contributed by atoms with Gasteiger partial charge in [-0.1, -0.05) is 0 Å². The Hall–Kier alpha value is -2.41. The lowest BCUT2D eigenvalue weighted by Crippen LogP contribution is -2.12. The quantitative estimate of drug-likeness (QED) is 0.894. The van der Waals surface area contributed by atoms with Gasteiger partial charge in [0, 0.05) is 11.1 Å². The topological polar surface area (TPSA) is 88.5 Å². The van der Waals surface area contributed by atoms with Crippen molar-refractivity contribution in [3.63, 3.8) is 0 Å². The first kappa shape index (κ1) is 13.0. The number of carbonyl (C=O) groups excluding carboxylic acids is 1. The number of carbonyl (C=O) groups is 2. The van der Waals surface area contributed by atoms with Gasteiger partial charge in [0.2, 0.25) is 0 Å². The number of amides is 1. The fraction of sp³-hybridized carbons (Fsp3) is 0.0833. The average molecular weight is 278 g/mol. The molecule has 0 unspecified atom stereocenters. The molecule has 0 aliphatic carbocycles. The van der Waals surface area contributed by atoms with Gasteiger partial charge in [0.1, 0.15) is 5.75 Å². The minimum Gasteiger partial charge on any atom is -0.497 e. The number of aromatic nitrogens is 1. The lowest BCUT2D eigenvalue weighted by Gasteiger charge is -2.04. The Labute approximate surface area is 112 Å². The molecule has 1 heterocycles. The van der Waals surface area contributed by atoms with Gasteiger partial charge >= 0.3 is 5.97 Å². The molecule has 0 atom stereocenters. The zero-order chi connectivity index (χ0) is 13.8. The summed E-state index contributed by atoms with van der Waals surface area (Å²) in [4.78, 5) is 26.2. The number of carboxylic acid groups (broad SMARTS) is 1. The van der Waals surface area contributed by atoms with E-state index in [0.717, 1.165) is 11.3 Å². The standard InChI is InChI=1S/C12H10N2O4S/c1-18-8-4-2-7(3-5-8)13-10(15)11-14-9(6-19-11)12(16)17/h2-6H,1H3,(H,13,15)(H,16,17). The monoisotopic (exact) mass is 278 g/mol. The Morgan fingerprint density at radius 3 is 2.53 bits per heavy atom. The van der Waals surface area contributed by atoms with Gasteiger partial charge in [0.25, 0.3) is 5.91 Å². The van der Waals surface area contributed by atoms with Gasteiger partial charge in [-0.05, 0) is 24.3 Å². The Balaban J connectivity index is 2.08. The predicted octanol–water partition coefficient (Wildman–Crippen LogP) is 2.10. The predicted molar refractivity (Wildman–Crippen MR) is 70.0 cm³/mol. The molecule has 1 aromatic heterocycles. The van der Waals surface area contributed by atoms with Gasteiger partial charge in [-0.2, -0.15) is 0 Å². The number of anilines is 1. The molecule has 0 bridgehead atoms. The highest BCUT2D eigenvalue weighted by Gasteiger charge is 2.14. The van der Waals surface area contributed by atoms with Crippen molar-refractivity contribution in [3.8, 4) is 5.75 Å². The fourth-order valence-corrected chi connectivity index (χ4v) is 2.02. The molecule has 7 heteroatoms. The SMILES string of the molecule is COc1ccc(NC(=O)c2nc(C(=O)O)cs2)cc1. The van der Waals surface area contributed by atoms with Crippen molar-refractivity contribution in [2.75, 3.05) is 12.4 Å². The summed E-state index contributed by atoms with van der Waals surface area (Å²) in [5.41, 5.74) is 0.447. The summed E-state index contributed by atoms with van der Waals surface area (Å²) in [7, 11) is 1.55. The number of carboxylic acids is 1. The van der Waals surface area contributed by atoms with Crippen LogP contribution in [0.25, 0.3) is 0 Å². The van der Waals surface area contributed by atoms with Crippen molar-refractivity contribution in [1.29, 1.82) is 0 Å². The molecule has 0 spiro atoms. The van der Waals surface area contributed by atoms with Gasteiger partial charge in [-0.3, -0.25) is 4.79 Å². The van der Waals surface area contributed by atoms with Crippen molar-refractivity contribution >= 4 is 28.9 Å². The van der Waals surface area contributed by atoms with Crippen molar-refractivity contribution in [1.82, 2.24) is 4.98 Å². The van der Waals surface area contributed by atoms with E-state index in [2.05, 4.69) is 10.3 Å². The van der Waals surface area contributed by atoms with Crippen LogP contribution in [0.5, 0.6) is 5.75 Å². The Bertz CT molecular complexity index is 606. The fourth-order valence-electron chi connectivity index (χ4n) is 1.34. The molecule has 98 valence electrons. The van der Waals surface area contributed by atoms with E-state index in [4.69, 9.17) is 9.84 Å². The van der Waals surface area contributed by atoms with Gasteiger partial charge in [0.15, 0.2) is 10.7 Å². The lowest BCUT2D eigenvalue weighted by atomic mass is 10.3. The smallest absolute Gasteiger partial charge is 0.355 e. The summed E-state index contributed by atoms with van der Waals surface area (Å²) < 4.78 is 5.00. The lowest BCUT2D eigenvalue weighted by molar-refractivity contribution is 0.0691. The first-order chi connectivity index (χ1) is 9.10. The van der Waals surface area contributed by atoms with Crippen molar-refractivity contribution in [2.24, 2.45) is 0 Å². The van der Waals surface area contributed by atoms with E-state index in [1.54, 1.807) is 31.4 Å². The maximum atomic E-state index is 11.8. The van der Waals surface area contributed by atoms with Crippen LogP contribution in [-0.4, -0.2) is 29.1 Å². The molecule has 0 aliphatic rings. The van der Waals surface area contributed by atoms with Crippen LogP contribution in [0.3, 0.4) is 0 Å². The van der Waals surface area contributed by atoms with Gasteiger partial charge in [-0.15, -0.1) is 11.3 Å². The minimum absolute atomic E-state index is 0.105. The molecule has 0 saturated carbocycles. The second-order valence-corrected chi connectivity index (χ2v) is 4.38. The minimum atomic E-state index is -1.15. The summed E-state index contributed by atoms with van der Waals surface area (Å²) >= 11 is 0.984. The van der Waals surface area contributed by atoms with Crippen LogP contribution in [0.1, 0.15) is 20.3 Å². The summed E-state index contributed by atoms with van der Waals surface area (Å²) in [5.74, 6) is -0.914. The van der Waals surface area contributed by atoms with E-state index in [0.29, 0.717) is 11.4 Å². The number of nitrogens with zero attached hydrogens (tertiary/aromatic N) is 1. The number of hydrogen-bond donors (Lipinski definition) is 2. The van der Waals surface area contributed by atoms with Crippen LogP contribution in [0, 0.1) is 0 Å². The number of methoxy groups -OCH3 is 1. The molecule has 2 aromatic rings. The largest absolute Gasteiger partial charge is 0.497 e. The first-order valence-corrected chi connectivity index (χ1v) is 6.12. The van der Waals surface area contributed by atoms with E-state index in [1.165, 1.54) is 5.38 Å². The number of benzene rings is 1. The summed E-state index contributed by atoms with van der Waals surface area (Å²) in [6.07, 6.45) is 0. The normalized spacial score (nSPS) is 9.95. The number of aromatic carboxylic acids is 1. The highest BCUT2D eigenvalue weighted by Crippen LogP contribution is 2.17. The van der Waals surface area contributed by atoms with Crippen LogP contribution in [-0.2, 0) is 0 Å². The Morgan fingerprint density at radius 1 is 1.32 bits per heavy atom. The number of thiazole rings is 1. The zero-order valence-electron chi connectivity index (χ0n) is 9.91. The second kappa shape index (κ2) is 5.49. The zero-order valence-corrected chi connectivity index (χ0v) is 10.7. The summed E-state index contributed by atoms with van der Waals surface area (Å²) in [5, 5.41) is 12.8. The van der Waals surface area contributed by atoms with Crippen LogP contribution < -0.4 is 10.1 Å². The van der Waals surface area contributed by atoms with E-state index >= 15 is 0 Å². The summed E-state index contributed by atoms with van der Waals surface area (Å²) in [6.45, 7) is 0. The molecule has 0 aliphatic heterocycles. The molecule has 1 amide bonds. The van der Waals surface area contributed by atoms with E-state index < -0.39 is 11.9 Å². The van der Waals surface area contributed by atoms with Crippen molar-refractivity contribution in [2.45, 2.75) is 0 Å². The molecule has 1 aromatic carbocycles. The molecule has 19 heavy (non-hydrogen) atoms. The third-order valence-corrected chi connectivity index (χ3v) is 3.11. The third-order valence-electron chi connectivity index (χ3n) is 2.27. The molecule has 6 nitrogen and oxygen atoms in total. The van der Waals surface area contributed by atoms with Gasteiger partial charge in [0.05, 0.1) is 7.11 Å². The second-order valence-electron chi connectivity index (χ2n) is 3.53. The highest BCUT2D eigenvalue weighted by atomic mass is 32.1. The number of hydrogen-bond acceptors (Lipinski definition) is 5. The molecular formula is C12H10N2O4S. The molecule has 0 radical (unpaired) electrons. The average Bonchev–Trinajstić information content (AvgIpc) is 2.89. The molecule has 0 fully saturated rings. The number of rotatable bonds is 4. The molecule has 2 rings (SSSR count). The maximum Gasteiger partial charge on any atom is 0.355 e. The van der Waals surface area contributed by atoms with Gasteiger partial charge < -0.3 is 15.2 Å². The van der Waals surface area contributed by atoms with Crippen molar-refractivity contribution in [3.05, 3.63) is 40.3 Å². The molecule has 0 saturated heterocycles. The van der Waals surface area contributed by atoms with E-state index in [-0.39, 0.29) is 10.7 Å².